The summed E-state index contributed by atoms with van der Waals surface area (Å²) in [6.45, 7) is 1.19. The number of hydrogen-bond donors (Lipinski definition) is 1. The first-order valence-corrected chi connectivity index (χ1v) is 10.4. The number of rotatable bonds is 7. The second-order valence-electron chi connectivity index (χ2n) is 7.01. The molecule has 1 aromatic heterocycles. The minimum Gasteiger partial charge on any atom is -0.507 e. The molecule has 3 rings (SSSR count). The highest BCUT2D eigenvalue weighted by molar-refractivity contribution is 7.10. The maximum absolute atomic E-state index is 12.9. The van der Waals surface area contributed by atoms with E-state index in [4.69, 9.17) is 16.3 Å². The lowest BCUT2D eigenvalue weighted by Gasteiger charge is -2.24. The first-order chi connectivity index (χ1) is 13.8. The van der Waals surface area contributed by atoms with Gasteiger partial charge >= 0.3 is 0 Å². The van der Waals surface area contributed by atoms with Gasteiger partial charge in [-0.3, -0.25) is 9.59 Å². The van der Waals surface area contributed by atoms with Crippen molar-refractivity contribution in [1.29, 1.82) is 0 Å². The van der Waals surface area contributed by atoms with Crippen molar-refractivity contribution < 1.29 is 19.4 Å². The number of likely N-dealkylation sites (tertiary alicyclic amines) is 1. The zero-order chi connectivity index (χ0) is 21.1. The lowest BCUT2D eigenvalue weighted by molar-refractivity contribution is -0.139. The third kappa shape index (κ3) is 4.32. The number of nitrogens with zero attached hydrogens (tertiary/aromatic N) is 2. The molecule has 0 radical (unpaired) electrons. The summed E-state index contributed by atoms with van der Waals surface area (Å²) < 4.78 is 5.32. The highest BCUT2D eigenvalue weighted by atomic mass is 35.5. The van der Waals surface area contributed by atoms with E-state index >= 15 is 0 Å². The van der Waals surface area contributed by atoms with Crippen LogP contribution in [0.15, 0.2) is 41.3 Å². The van der Waals surface area contributed by atoms with Crippen molar-refractivity contribution in [2.75, 3.05) is 34.3 Å². The van der Waals surface area contributed by atoms with Crippen LogP contribution >= 0.6 is 22.9 Å². The first kappa shape index (κ1) is 21.4. The number of thiophene rings is 1. The molecule has 2 aromatic rings. The van der Waals surface area contributed by atoms with Crippen LogP contribution in [-0.2, 0) is 9.59 Å². The van der Waals surface area contributed by atoms with Crippen LogP contribution in [0.4, 0.5) is 0 Å². The van der Waals surface area contributed by atoms with Gasteiger partial charge in [0, 0.05) is 16.4 Å². The van der Waals surface area contributed by atoms with Gasteiger partial charge in [0.05, 0.1) is 24.3 Å². The van der Waals surface area contributed by atoms with Crippen LogP contribution < -0.4 is 4.74 Å². The molecule has 8 heteroatoms. The Morgan fingerprint density at radius 2 is 2.07 bits per heavy atom. The highest BCUT2D eigenvalue weighted by Gasteiger charge is 2.46. The topological polar surface area (TPSA) is 70.1 Å². The molecule has 29 heavy (non-hydrogen) atoms. The molecule has 1 N–H and O–H groups in total. The van der Waals surface area contributed by atoms with Crippen molar-refractivity contribution in [3.8, 4) is 5.75 Å². The summed E-state index contributed by atoms with van der Waals surface area (Å²) in [6.07, 6.45) is 0.711. The summed E-state index contributed by atoms with van der Waals surface area (Å²) in [4.78, 5) is 30.1. The summed E-state index contributed by atoms with van der Waals surface area (Å²) in [5, 5.41) is 13.4. The third-order valence-electron chi connectivity index (χ3n) is 4.77. The van der Waals surface area contributed by atoms with Gasteiger partial charge in [0.25, 0.3) is 11.7 Å². The minimum absolute atomic E-state index is 0.0582. The number of methoxy groups -OCH3 is 1. The van der Waals surface area contributed by atoms with Gasteiger partial charge in [-0.25, -0.2) is 0 Å². The number of carbonyl (C=O) groups excluding carboxylic acids is 2. The lowest BCUT2D eigenvalue weighted by Crippen LogP contribution is -2.32. The highest BCUT2D eigenvalue weighted by Crippen LogP contribution is 2.42. The summed E-state index contributed by atoms with van der Waals surface area (Å²) in [5.74, 6) is -1.22. The van der Waals surface area contributed by atoms with Crippen molar-refractivity contribution in [2.24, 2.45) is 0 Å². The van der Waals surface area contributed by atoms with Crippen LogP contribution in [0.5, 0.6) is 5.75 Å². The number of aliphatic hydroxyl groups is 1. The molecule has 154 valence electrons. The van der Waals surface area contributed by atoms with E-state index in [0.717, 1.165) is 11.4 Å². The molecule has 1 amide bonds. The number of carbonyl (C=O) groups is 2. The van der Waals surface area contributed by atoms with Crippen LogP contribution in [0.3, 0.4) is 0 Å². The smallest absolute Gasteiger partial charge is 0.295 e. The van der Waals surface area contributed by atoms with E-state index in [1.165, 1.54) is 24.5 Å². The van der Waals surface area contributed by atoms with Crippen molar-refractivity contribution in [3.05, 3.63) is 56.7 Å². The molecular weight excluding hydrogens is 412 g/mol. The van der Waals surface area contributed by atoms with Crippen molar-refractivity contribution in [2.45, 2.75) is 12.5 Å². The van der Waals surface area contributed by atoms with E-state index in [2.05, 4.69) is 0 Å². The summed E-state index contributed by atoms with van der Waals surface area (Å²) >= 11 is 7.54. The molecular formula is C21H23ClN2O4S. The SMILES string of the molecule is COc1ccc(Cl)cc1/C(O)=C1/C(=O)C(=O)N(CCCN(C)C)C1c1cccs1. The van der Waals surface area contributed by atoms with Gasteiger partial charge in [0.15, 0.2) is 0 Å². The Hall–Kier alpha value is -2.35. The number of hydrogen-bond acceptors (Lipinski definition) is 6. The Kier molecular flexibility index (Phi) is 6.62. The quantitative estimate of drug-likeness (QED) is 0.408. The molecule has 1 unspecified atom stereocenters. The van der Waals surface area contributed by atoms with Crippen LogP contribution in [0.1, 0.15) is 22.9 Å². The number of amides is 1. The molecule has 0 saturated carbocycles. The molecule has 1 aromatic carbocycles. The second kappa shape index (κ2) is 8.98. The van der Waals surface area contributed by atoms with Gasteiger partial charge in [-0.05, 0) is 56.7 Å². The lowest BCUT2D eigenvalue weighted by atomic mass is 9.99. The maximum atomic E-state index is 12.9. The molecule has 0 aliphatic carbocycles. The standard InChI is InChI=1S/C21H23ClN2O4S/c1-23(2)9-5-10-24-18(16-6-4-11-29-16)17(20(26)21(24)27)19(25)14-12-13(22)7-8-15(14)28-3/h4,6-8,11-12,18,25H,5,9-10H2,1-3H3/b19-17-. The fourth-order valence-electron chi connectivity index (χ4n) is 3.42. The molecule has 1 aliphatic heterocycles. The number of halogens is 1. The molecule has 1 atom stereocenters. The van der Waals surface area contributed by atoms with Crippen LogP contribution in [0.2, 0.25) is 5.02 Å². The van der Waals surface area contributed by atoms with E-state index < -0.39 is 17.7 Å². The molecule has 2 heterocycles. The van der Waals surface area contributed by atoms with Gasteiger partial charge in [0.1, 0.15) is 11.5 Å². The molecule has 1 fully saturated rings. The molecule has 0 bridgehead atoms. The minimum atomic E-state index is -0.701. The molecule has 1 aliphatic rings. The Morgan fingerprint density at radius 3 is 2.69 bits per heavy atom. The normalized spacial score (nSPS) is 18.7. The second-order valence-corrected chi connectivity index (χ2v) is 8.43. The van der Waals surface area contributed by atoms with Gasteiger partial charge < -0.3 is 19.6 Å². The Balaban J connectivity index is 2.10. The van der Waals surface area contributed by atoms with E-state index in [0.29, 0.717) is 23.7 Å². The molecule has 0 spiro atoms. The van der Waals surface area contributed by atoms with Crippen molar-refractivity contribution in [1.82, 2.24) is 9.80 Å². The Bertz CT molecular complexity index is 940. The van der Waals surface area contributed by atoms with Crippen LogP contribution in [-0.4, -0.2) is 60.9 Å². The van der Waals surface area contributed by atoms with E-state index in [1.54, 1.807) is 17.0 Å². The molecule has 1 saturated heterocycles. The third-order valence-corrected chi connectivity index (χ3v) is 5.93. The number of aliphatic hydroxyl groups excluding tert-OH is 1. The van der Waals surface area contributed by atoms with Gasteiger partial charge in [-0.2, -0.15) is 0 Å². The number of ketones is 1. The van der Waals surface area contributed by atoms with E-state index in [-0.39, 0.29) is 16.9 Å². The first-order valence-electron chi connectivity index (χ1n) is 9.15. The number of ether oxygens (including phenoxy) is 1. The maximum Gasteiger partial charge on any atom is 0.295 e. The van der Waals surface area contributed by atoms with Crippen molar-refractivity contribution in [3.63, 3.8) is 0 Å². The Morgan fingerprint density at radius 1 is 1.31 bits per heavy atom. The van der Waals surface area contributed by atoms with Gasteiger partial charge in [-0.15, -0.1) is 11.3 Å². The van der Waals surface area contributed by atoms with Crippen molar-refractivity contribution >= 4 is 40.4 Å². The zero-order valence-electron chi connectivity index (χ0n) is 16.5. The Labute approximate surface area is 179 Å². The summed E-state index contributed by atoms with van der Waals surface area (Å²) in [5.41, 5.74) is 0.343. The van der Waals surface area contributed by atoms with Crippen LogP contribution in [0, 0.1) is 0 Å². The monoisotopic (exact) mass is 434 g/mol. The fourth-order valence-corrected chi connectivity index (χ4v) is 4.44. The van der Waals surface area contributed by atoms with E-state index in [1.807, 2.05) is 36.5 Å². The number of benzene rings is 1. The van der Waals surface area contributed by atoms with Gasteiger partial charge in [0.2, 0.25) is 0 Å². The average Bonchev–Trinajstić information content (AvgIpc) is 3.29. The van der Waals surface area contributed by atoms with Gasteiger partial charge in [-0.1, -0.05) is 17.7 Å². The fraction of sp³-hybridized carbons (Fsp3) is 0.333. The largest absolute Gasteiger partial charge is 0.507 e. The van der Waals surface area contributed by atoms with E-state index in [9.17, 15) is 14.7 Å². The summed E-state index contributed by atoms with van der Waals surface area (Å²) in [7, 11) is 5.38. The zero-order valence-corrected chi connectivity index (χ0v) is 18.1. The molecule has 6 nitrogen and oxygen atoms in total. The van der Waals surface area contributed by atoms with Crippen LogP contribution in [0.25, 0.3) is 5.76 Å². The predicted octanol–water partition coefficient (Wildman–Crippen LogP) is 3.78. The summed E-state index contributed by atoms with van der Waals surface area (Å²) in [6, 6.07) is 7.86. The number of Topliss-reactive ketones (excluding diaryl/α,β-unsaturated/α-hetero) is 1. The average molecular weight is 435 g/mol. The predicted molar refractivity (Wildman–Crippen MR) is 115 cm³/mol.